The van der Waals surface area contributed by atoms with Gasteiger partial charge < -0.3 is 4.90 Å². The van der Waals surface area contributed by atoms with E-state index in [9.17, 15) is 0 Å². The minimum Gasteiger partial charge on any atom is -0.308 e. The molecule has 0 amide bonds. The lowest BCUT2D eigenvalue weighted by molar-refractivity contribution is 0.633. The van der Waals surface area contributed by atoms with Gasteiger partial charge in [-0.1, -0.05) is 86.6 Å². The number of para-hydroxylation sites is 2. The Morgan fingerprint density at radius 2 is 1.13 bits per heavy atom. The summed E-state index contributed by atoms with van der Waals surface area (Å²) in [5, 5.41) is 2.48. The summed E-state index contributed by atoms with van der Waals surface area (Å²) in [4.78, 5) is 11.1. The lowest BCUT2D eigenvalue weighted by Gasteiger charge is -2.44. The number of fused-ring (bicyclic) bond motifs is 4. The normalized spacial score (nSPS) is 13.7. The van der Waals surface area contributed by atoms with Crippen molar-refractivity contribution in [2.45, 2.75) is 19.3 Å². The Bertz CT molecular complexity index is 1730. The highest BCUT2D eigenvalue weighted by Crippen LogP contribution is 2.57. The van der Waals surface area contributed by atoms with Crippen molar-refractivity contribution in [1.82, 2.24) is 9.97 Å². The maximum atomic E-state index is 4.30. The Morgan fingerprint density at radius 3 is 1.82 bits per heavy atom. The number of aromatic nitrogens is 2. The summed E-state index contributed by atoms with van der Waals surface area (Å²) >= 11 is 0. The molecule has 0 saturated carbocycles. The van der Waals surface area contributed by atoms with Crippen molar-refractivity contribution >= 4 is 27.8 Å². The molecular weight excluding hydrogens is 462 g/mol. The van der Waals surface area contributed by atoms with Crippen molar-refractivity contribution in [3.63, 3.8) is 0 Å². The maximum Gasteiger partial charge on any atom is 0.0618 e. The van der Waals surface area contributed by atoms with Crippen molar-refractivity contribution < 1.29 is 0 Å². The zero-order valence-corrected chi connectivity index (χ0v) is 21.5. The fourth-order valence-electron chi connectivity index (χ4n) is 6.01. The van der Waals surface area contributed by atoms with Crippen LogP contribution in [-0.2, 0) is 5.41 Å². The highest BCUT2D eigenvalue weighted by atomic mass is 15.2. The molecule has 1 aliphatic heterocycles. The zero-order chi connectivity index (χ0) is 25.7. The predicted molar refractivity (Wildman–Crippen MR) is 157 cm³/mol. The molecule has 0 N–H and O–H groups in total. The Kier molecular flexibility index (Phi) is 5.12. The molecular formula is C35H27N3. The Labute approximate surface area is 223 Å². The van der Waals surface area contributed by atoms with E-state index in [1.54, 1.807) is 0 Å². The SMILES string of the molecule is CC1(C)c2ccccc2N(c2c(-c3ccncc3)cccc2-c2ccncc2)c2c1ccc1ccccc21. The molecule has 0 bridgehead atoms. The van der Waals surface area contributed by atoms with E-state index in [-0.39, 0.29) is 5.41 Å². The molecule has 3 heterocycles. The molecule has 0 atom stereocenters. The van der Waals surface area contributed by atoms with Gasteiger partial charge >= 0.3 is 0 Å². The lowest BCUT2D eigenvalue weighted by atomic mass is 9.72. The predicted octanol–water partition coefficient (Wildman–Crippen LogP) is 9.07. The van der Waals surface area contributed by atoms with Crippen molar-refractivity contribution in [3.8, 4) is 22.3 Å². The summed E-state index contributed by atoms with van der Waals surface area (Å²) in [6.07, 6.45) is 7.48. The van der Waals surface area contributed by atoms with Crippen LogP contribution in [0.3, 0.4) is 0 Å². The molecule has 0 unspecified atom stereocenters. The molecule has 4 aromatic carbocycles. The van der Waals surface area contributed by atoms with E-state index in [4.69, 9.17) is 0 Å². The number of benzene rings is 4. The van der Waals surface area contributed by atoms with E-state index in [1.807, 2.05) is 24.8 Å². The van der Waals surface area contributed by atoms with Gasteiger partial charge in [-0.3, -0.25) is 9.97 Å². The molecule has 2 aromatic heterocycles. The summed E-state index contributed by atoms with van der Waals surface area (Å²) in [6, 6.07) is 37.2. The van der Waals surface area contributed by atoms with E-state index in [2.05, 4.69) is 132 Å². The molecule has 0 radical (unpaired) electrons. The van der Waals surface area contributed by atoms with Gasteiger partial charge in [-0.25, -0.2) is 0 Å². The standard InChI is InChI=1S/C35H27N3/c1-35(2)30-12-5-6-13-32(30)38(34-29-9-4-3-8-24(29)14-15-31(34)35)33-27(25-16-20-36-21-17-25)10-7-11-28(33)26-18-22-37-23-19-26/h3-23H,1-2H3. The average molecular weight is 490 g/mol. The third-order valence-electron chi connectivity index (χ3n) is 7.86. The van der Waals surface area contributed by atoms with Gasteiger partial charge in [0.2, 0.25) is 0 Å². The molecule has 182 valence electrons. The van der Waals surface area contributed by atoms with E-state index >= 15 is 0 Å². The van der Waals surface area contributed by atoms with Crippen LogP contribution in [0.2, 0.25) is 0 Å². The summed E-state index contributed by atoms with van der Waals surface area (Å²) in [5.74, 6) is 0. The number of pyridine rings is 2. The number of anilines is 3. The van der Waals surface area contributed by atoms with Gasteiger partial charge in [-0.2, -0.15) is 0 Å². The van der Waals surface area contributed by atoms with E-state index < -0.39 is 0 Å². The second kappa shape index (κ2) is 8.67. The van der Waals surface area contributed by atoms with Gasteiger partial charge in [-0.15, -0.1) is 0 Å². The third kappa shape index (κ3) is 3.36. The molecule has 3 heteroatoms. The topological polar surface area (TPSA) is 29.0 Å². The first kappa shape index (κ1) is 22.4. The number of hydrogen-bond acceptors (Lipinski definition) is 3. The smallest absolute Gasteiger partial charge is 0.0618 e. The van der Waals surface area contributed by atoms with Crippen LogP contribution in [0.5, 0.6) is 0 Å². The van der Waals surface area contributed by atoms with E-state index in [0.29, 0.717) is 0 Å². The van der Waals surface area contributed by atoms with Crippen LogP contribution in [0.4, 0.5) is 17.1 Å². The van der Waals surface area contributed by atoms with E-state index in [1.165, 1.54) is 33.3 Å². The molecule has 7 rings (SSSR count). The van der Waals surface area contributed by atoms with Crippen molar-refractivity contribution in [2.75, 3.05) is 4.90 Å². The van der Waals surface area contributed by atoms with Crippen LogP contribution in [0, 0.1) is 0 Å². The molecule has 1 aliphatic rings. The second-order valence-corrected chi connectivity index (χ2v) is 10.3. The van der Waals surface area contributed by atoms with Crippen LogP contribution >= 0.6 is 0 Å². The van der Waals surface area contributed by atoms with Gasteiger partial charge in [0, 0.05) is 46.7 Å². The fraction of sp³-hybridized carbons (Fsp3) is 0.0857. The zero-order valence-electron chi connectivity index (χ0n) is 21.5. The van der Waals surface area contributed by atoms with Gasteiger partial charge in [-0.05, 0) is 58.0 Å². The van der Waals surface area contributed by atoms with Crippen LogP contribution in [0.1, 0.15) is 25.0 Å². The molecule has 0 saturated heterocycles. The van der Waals surface area contributed by atoms with E-state index in [0.717, 1.165) is 27.9 Å². The molecule has 0 aliphatic carbocycles. The van der Waals surface area contributed by atoms with Gasteiger partial charge in [0.25, 0.3) is 0 Å². The summed E-state index contributed by atoms with van der Waals surface area (Å²) in [6.45, 7) is 4.69. The Morgan fingerprint density at radius 1 is 0.526 bits per heavy atom. The highest BCUT2D eigenvalue weighted by Gasteiger charge is 2.39. The highest BCUT2D eigenvalue weighted by molar-refractivity contribution is 6.07. The summed E-state index contributed by atoms with van der Waals surface area (Å²) in [5.41, 5.74) is 10.7. The van der Waals surface area contributed by atoms with Crippen molar-refractivity contribution in [1.29, 1.82) is 0 Å². The number of hydrogen-bond donors (Lipinski definition) is 0. The van der Waals surface area contributed by atoms with Crippen LogP contribution < -0.4 is 4.90 Å². The Hall–Kier alpha value is -4.76. The molecule has 38 heavy (non-hydrogen) atoms. The van der Waals surface area contributed by atoms with Gasteiger partial charge in [0.05, 0.1) is 17.1 Å². The van der Waals surface area contributed by atoms with Crippen LogP contribution in [-0.4, -0.2) is 9.97 Å². The number of nitrogens with zero attached hydrogens (tertiary/aromatic N) is 3. The summed E-state index contributed by atoms with van der Waals surface area (Å²) in [7, 11) is 0. The molecule has 0 spiro atoms. The third-order valence-corrected chi connectivity index (χ3v) is 7.86. The average Bonchev–Trinajstić information content (AvgIpc) is 2.98. The van der Waals surface area contributed by atoms with Crippen LogP contribution in [0.15, 0.2) is 128 Å². The quantitative estimate of drug-likeness (QED) is 0.248. The largest absolute Gasteiger partial charge is 0.308 e. The fourth-order valence-corrected chi connectivity index (χ4v) is 6.01. The first-order valence-corrected chi connectivity index (χ1v) is 13.0. The van der Waals surface area contributed by atoms with Crippen LogP contribution in [0.25, 0.3) is 33.0 Å². The minimum atomic E-state index is -0.158. The maximum absolute atomic E-state index is 4.30. The van der Waals surface area contributed by atoms with Crippen molar-refractivity contribution in [3.05, 3.63) is 139 Å². The van der Waals surface area contributed by atoms with Gasteiger partial charge in [0.1, 0.15) is 0 Å². The summed E-state index contributed by atoms with van der Waals surface area (Å²) < 4.78 is 0. The van der Waals surface area contributed by atoms with Gasteiger partial charge in [0.15, 0.2) is 0 Å². The lowest BCUT2D eigenvalue weighted by Crippen LogP contribution is -2.31. The second-order valence-electron chi connectivity index (χ2n) is 10.3. The molecule has 3 nitrogen and oxygen atoms in total. The Balaban J connectivity index is 1.66. The molecule has 6 aromatic rings. The molecule has 0 fully saturated rings. The number of rotatable bonds is 3. The van der Waals surface area contributed by atoms with Crippen molar-refractivity contribution in [2.24, 2.45) is 0 Å². The monoisotopic (exact) mass is 489 g/mol. The first-order valence-electron chi connectivity index (χ1n) is 13.0. The minimum absolute atomic E-state index is 0.158. The first-order chi connectivity index (χ1) is 18.6.